The molecule has 1 aromatic rings. The highest BCUT2D eigenvalue weighted by Crippen LogP contribution is 2.12. The van der Waals surface area contributed by atoms with Crippen molar-refractivity contribution in [2.24, 2.45) is 5.73 Å². The van der Waals surface area contributed by atoms with E-state index < -0.39 is 0 Å². The van der Waals surface area contributed by atoms with Gasteiger partial charge >= 0.3 is 6.03 Å². The van der Waals surface area contributed by atoms with Crippen molar-refractivity contribution in [2.45, 2.75) is 52.1 Å². The molecule has 0 aromatic heterocycles. The molecule has 0 bridgehead atoms. The van der Waals surface area contributed by atoms with Crippen LogP contribution in [0.1, 0.15) is 50.9 Å². The summed E-state index contributed by atoms with van der Waals surface area (Å²) in [5.41, 5.74) is 6.97. The van der Waals surface area contributed by atoms with Crippen LogP contribution in [0.3, 0.4) is 0 Å². The minimum atomic E-state index is -0.369. The van der Waals surface area contributed by atoms with E-state index in [0.717, 1.165) is 12.8 Å². The number of hydrogen-bond donors (Lipinski definition) is 4. The molecule has 0 fully saturated rings. The maximum absolute atomic E-state index is 12.1. The zero-order valence-corrected chi connectivity index (χ0v) is 14.4. The van der Waals surface area contributed by atoms with Gasteiger partial charge in [-0.1, -0.05) is 13.8 Å². The fourth-order valence-corrected chi connectivity index (χ4v) is 1.99. The van der Waals surface area contributed by atoms with Gasteiger partial charge in [0.2, 0.25) is 0 Å². The minimum Gasteiger partial charge on any atom is -0.350 e. The van der Waals surface area contributed by atoms with Crippen molar-refractivity contribution in [3.8, 4) is 0 Å². The highest BCUT2D eigenvalue weighted by molar-refractivity contribution is 5.95. The number of rotatable bonds is 7. The first-order valence-electron chi connectivity index (χ1n) is 8.04. The number of urea groups is 1. The Morgan fingerprint density at radius 1 is 1.13 bits per heavy atom. The summed E-state index contributed by atoms with van der Waals surface area (Å²) in [5, 5.41) is 8.31. The Bertz CT molecular complexity index is 522. The fourth-order valence-electron chi connectivity index (χ4n) is 1.99. The van der Waals surface area contributed by atoms with Crippen molar-refractivity contribution in [1.29, 1.82) is 0 Å². The van der Waals surface area contributed by atoms with Crippen LogP contribution in [0, 0.1) is 0 Å². The van der Waals surface area contributed by atoms with E-state index in [2.05, 4.69) is 16.0 Å². The van der Waals surface area contributed by atoms with Crippen molar-refractivity contribution in [2.75, 3.05) is 11.9 Å². The van der Waals surface area contributed by atoms with Crippen molar-refractivity contribution < 1.29 is 9.59 Å². The highest BCUT2D eigenvalue weighted by atomic mass is 16.2. The summed E-state index contributed by atoms with van der Waals surface area (Å²) < 4.78 is 0. The first kappa shape index (κ1) is 19.0. The lowest BCUT2D eigenvalue weighted by Gasteiger charge is -2.26. The number of hydrogen-bond acceptors (Lipinski definition) is 3. The molecule has 0 spiro atoms. The summed E-state index contributed by atoms with van der Waals surface area (Å²) in [5.74, 6) is -0.167. The van der Waals surface area contributed by atoms with E-state index in [-0.39, 0.29) is 23.5 Å². The van der Waals surface area contributed by atoms with Gasteiger partial charge in [-0.2, -0.15) is 0 Å². The second-order valence-corrected chi connectivity index (χ2v) is 6.08. The second-order valence-electron chi connectivity index (χ2n) is 6.08. The number of benzene rings is 1. The van der Waals surface area contributed by atoms with Gasteiger partial charge < -0.3 is 21.7 Å². The van der Waals surface area contributed by atoms with Crippen molar-refractivity contribution >= 4 is 17.6 Å². The van der Waals surface area contributed by atoms with Crippen LogP contribution in [0.5, 0.6) is 0 Å². The molecule has 0 atom stereocenters. The van der Waals surface area contributed by atoms with E-state index in [0.29, 0.717) is 17.8 Å². The van der Waals surface area contributed by atoms with Gasteiger partial charge in [0.05, 0.1) is 0 Å². The van der Waals surface area contributed by atoms with E-state index in [1.165, 1.54) is 0 Å². The molecule has 3 amide bonds. The van der Waals surface area contributed by atoms with Crippen LogP contribution >= 0.6 is 0 Å². The predicted molar refractivity (Wildman–Crippen MR) is 93.6 cm³/mol. The van der Waals surface area contributed by atoms with Crippen LogP contribution in [0.2, 0.25) is 0 Å². The van der Waals surface area contributed by atoms with E-state index in [1.54, 1.807) is 24.3 Å². The third-order valence-corrected chi connectivity index (χ3v) is 3.83. The molecule has 0 aliphatic heterocycles. The Kier molecular flexibility index (Phi) is 7.03. The lowest BCUT2D eigenvalue weighted by molar-refractivity contribution is 0.0942. The first-order chi connectivity index (χ1) is 10.8. The Morgan fingerprint density at radius 3 is 2.17 bits per heavy atom. The second kappa shape index (κ2) is 8.53. The zero-order valence-electron chi connectivity index (χ0n) is 14.4. The molecule has 0 saturated carbocycles. The monoisotopic (exact) mass is 320 g/mol. The quantitative estimate of drug-likeness (QED) is 0.621. The van der Waals surface area contributed by atoms with Crippen molar-refractivity contribution in [3.63, 3.8) is 0 Å². The lowest BCUT2D eigenvalue weighted by atomic mass is 9.94. The number of amides is 3. The van der Waals surface area contributed by atoms with Crippen LogP contribution in [0.25, 0.3) is 0 Å². The number of carbonyl (C=O) groups is 2. The third kappa shape index (κ3) is 6.28. The van der Waals surface area contributed by atoms with E-state index >= 15 is 0 Å². The normalized spacial score (nSPS) is 11.2. The zero-order chi connectivity index (χ0) is 17.5. The average Bonchev–Trinajstić information content (AvgIpc) is 2.52. The van der Waals surface area contributed by atoms with Gasteiger partial charge in [-0.05, 0) is 51.0 Å². The summed E-state index contributed by atoms with van der Waals surface area (Å²) in [6, 6.07) is 6.55. The molecule has 0 saturated heterocycles. The molecule has 128 valence electrons. The Labute approximate surface area is 138 Å². The minimum absolute atomic E-state index is 0.0636. The van der Waals surface area contributed by atoms with E-state index in [4.69, 9.17) is 5.73 Å². The largest absolute Gasteiger partial charge is 0.350 e. The van der Waals surface area contributed by atoms with Crippen LogP contribution in [0.4, 0.5) is 10.5 Å². The molecule has 5 N–H and O–H groups in total. The molecule has 6 heteroatoms. The molecule has 0 aliphatic rings. The predicted octanol–water partition coefficient (Wildman–Crippen LogP) is 2.46. The standard InChI is InChI=1S/C17H28N4O2/c1-5-17(18,6-2)11-19-15(22)13-7-9-14(10-8-13)21-16(23)20-12(3)4/h7-10,12H,5-6,11,18H2,1-4H3,(H,19,22)(H2,20,21,23). The molecular weight excluding hydrogens is 292 g/mol. The summed E-state index contributed by atoms with van der Waals surface area (Å²) in [6.45, 7) is 8.24. The molecule has 6 nitrogen and oxygen atoms in total. The molecule has 0 radical (unpaired) electrons. The fraction of sp³-hybridized carbons (Fsp3) is 0.529. The molecule has 1 aromatic carbocycles. The number of nitrogens with one attached hydrogen (secondary N) is 3. The van der Waals surface area contributed by atoms with Crippen LogP contribution < -0.4 is 21.7 Å². The average molecular weight is 320 g/mol. The Balaban J connectivity index is 2.59. The summed E-state index contributed by atoms with van der Waals surface area (Å²) in [6.07, 6.45) is 1.61. The lowest BCUT2D eigenvalue weighted by Crippen LogP contribution is -2.49. The topological polar surface area (TPSA) is 96.2 Å². The maximum Gasteiger partial charge on any atom is 0.319 e. The molecule has 0 aliphatic carbocycles. The first-order valence-corrected chi connectivity index (χ1v) is 8.04. The molecular formula is C17H28N4O2. The van der Waals surface area contributed by atoms with Gasteiger partial charge in [0, 0.05) is 29.4 Å². The number of anilines is 1. The van der Waals surface area contributed by atoms with Crippen LogP contribution in [0.15, 0.2) is 24.3 Å². The summed E-state index contributed by atoms with van der Waals surface area (Å²) in [7, 11) is 0. The van der Waals surface area contributed by atoms with Crippen molar-refractivity contribution in [1.82, 2.24) is 10.6 Å². The van der Waals surface area contributed by atoms with Gasteiger partial charge in [0.1, 0.15) is 0 Å². The Hall–Kier alpha value is -2.08. The molecule has 23 heavy (non-hydrogen) atoms. The van der Waals surface area contributed by atoms with Gasteiger partial charge in [-0.25, -0.2) is 4.79 Å². The van der Waals surface area contributed by atoms with Gasteiger partial charge in [0.15, 0.2) is 0 Å². The van der Waals surface area contributed by atoms with E-state index in [9.17, 15) is 9.59 Å². The molecule has 0 unspecified atom stereocenters. The molecule has 0 heterocycles. The Morgan fingerprint density at radius 2 is 1.70 bits per heavy atom. The SMILES string of the molecule is CCC(N)(CC)CNC(=O)c1ccc(NC(=O)NC(C)C)cc1. The van der Waals surface area contributed by atoms with Gasteiger partial charge in [-0.15, -0.1) is 0 Å². The van der Waals surface area contributed by atoms with Gasteiger partial charge in [0.25, 0.3) is 5.91 Å². The molecule has 1 rings (SSSR count). The third-order valence-electron chi connectivity index (χ3n) is 3.83. The smallest absolute Gasteiger partial charge is 0.319 e. The summed E-state index contributed by atoms with van der Waals surface area (Å²) in [4.78, 5) is 23.7. The van der Waals surface area contributed by atoms with Crippen LogP contribution in [-0.4, -0.2) is 30.1 Å². The number of carbonyl (C=O) groups excluding carboxylic acids is 2. The van der Waals surface area contributed by atoms with Crippen LogP contribution in [-0.2, 0) is 0 Å². The van der Waals surface area contributed by atoms with Gasteiger partial charge in [-0.3, -0.25) is 4.79 Å². The van der Waals surface area contributed by atoms with Crippen molar-refractivity contribution in [3.05, 3.63) is 29.8 Å². The van der Waals surface area contributed by atoms with E-state index in [1.807, 2.05) is 27.7 Å². The summed E-state index contributed by atoms with van der Waals surface area (Å²) >= 11 is 0. The maximum atomic E-state index is 12.1. The highest BCUT2D eigenvalue weighted by Gasteiger charge is 2.21. The number of nitrogens with two attached hydrogens (primary N) is 1.